The molecule has 2 aliphatic rings. The Morgan fingerprint density at radius 2 is 2.22 bits per heavy atom. The second kappa shape index (κ2) is 6.77. The number of amides is 3. The van der Waals surface area contributed by atoms with Crippen molar-refractivity contribution in [2.24, 2.45) is 11.7 Å². The number of carboxylic acid groups (broad SMARTS) is 1. The second-order valence-electron chi connectivity index (χ2n) is 5.58. The van der Waals surface area contributed by atoms with Gasteiger partial charge in [-0.25, -0.2) is 9.59 Å². The van der Waals surface area contributed by atoms with Crippen molar-refractivity contribution in [2.75, 3.05) is 18.1 Å². The molecular formula is C13H19N3O6S. The predicted molar refractivity (Wildman–Crippen MR) is 80.5 cm³/mol. The Bertz CT molecular complexity index is 564. The summed E-state index contributed by atoms with van der Waals surface area (Å²) in [6, 6.07) is -1.10. The lowest BCUT2D eigenvalue weighted by Gasteiger charge is -2.44. The van der Waals surface area contributed by atoms with Crippen LogP contribution in [0, 0.1) is 5.92 Å². The number of carbonyl (C=O) groups is 3. The highest BCUT2D eigenvalue weighted by atomic mass is 32.2. The molecule has 0 aromatic carbocycles. The third-order valence-electron chi connectivity index (χ3n) is 3.99. The van der Waals surface area contributed by atoms with Crippen molar-refractivity contribution in [3.63, 3.8) is 0 Å². The van der Waals surface area contributed by atoms with Gasteiger partial charge in [0.1, 0.15) is 17.2 Å². The number of primary amides is 1. The van der Waals surface area contributed by atoms with Crippen LogP contribution in [0.3, 0.4) is 0 Å². The van der Waals surface area contributed by atoms with Gasteiger partial charge in [-0.15, -0.1) is 0 Å². The fourth-order valence-corrected chi connectivity index (χ4v) is 4.16. The van der Waals surface area contributed by atoms with Crippen LogP contribution in [-0.2, 0) is 20.8 Å². The maximum Gasteiger partial charge on any atom is 0.352 e. The molecular weight excluding hydrogens is 326 g/mol. The average molecular weight is 345 g/mol. The predicted octanol–water partition coefficient (Wildman–Crippen LogP) is -1.65. The van der Waals surface area contributed by atoms with E-state index in [-0.39, 0.29) is 36.2 Å². The van der Waals surface area contributed by atoms with Crippen molar-refractivity contribution in [3.8, 4) is 0 Å². The lowest BCUT2D eigenvalue weighted by atomic mass is 9.83. The van der Waals surface area contributed by atoms with Gasteiger partial charge in [0.05, 0.1) is 24.6 Å². The number of nitrogens with zero attached hydrogens (tertiary/aromatic N) is 1. The summed E-state index contributed by atoms with van der Waals surface area (Å²) >= 11 is -1.39. The summed E-state index contributed by atoms with van der Waals surface area (Å²) in [6.07, 6.45) is -0.568. The number of carbonyl (C=O) groups excluding carboxylic acids is 2. The van der Waals surface area contributed by atoms with Crippen molar-refractivity contribution in [1.29, 1.82) is 0 Å². The summed E-state index contributed by atoms with van der Waals surface area (Å²) in [6.45, 7) is 1.62. The number of aliphatic hydroxyl groups excluding tert-OH is 1. The van der Waals surface area contributed by atoms with Gasteiger partial charge in [0.25, 0.3) is 0 Å². The Kier molecular flexibility index (Phi) is 5.17. The van der Waals surface area contributed by atoms with E-state index in [4.69, 9.17) is 5.73 Å². The number of aliphatic carboxylic acids is 1. The molecule has 1 saturated heterocycles. The van der Waals surface area contributed by atoms with E-state index in [0.717, 1.165) is 0 Å². The Balaban J connectivity index is 2.04. The molecule has 2 aliphatic heterocycles. The van der Waals surface area contributed by atoms with Gasteiger partial charge in [0.2, 0.25) is 5.91 Å². The molecule has 5 N–H and O–H groups in total. The van der Waals surface area contributed by atoms with Gasteiger partial charge in [-0.3, -0.25) is 4.79 Å². The van der Waals surface area contributed by atoms with Crippen LogP contribution in [0.1, 0.15) is 13.3 Å². The first-order valence-corrected chi connectivity index (χ1v) is 8.57. The van der Waals surface area contributed by atoms with Crippen LogP contribution in [0.4, 0.5) is 4.79 Å². The Labute approximate surface area is 135 Å². The van der Waals surface area contributed by atoms with Gasteiger partial charge in [-0.1, -0.05) is 0 Å². The van der Waals surface area contributed by atoms with Crippen LogP contribution in [0.2, 0.25) is 0 Å². The number of β-lactam (4-membered cyclic amide) rings is 1. The molecule has 0 bridgehead atoms. The molecule has 10 heteroatoms. The summed E-state index contributed by atoms with van der Waals surface area (Å²) in [4.78, 5) is 35.2. The largest absolute Gasteiger partial charge is 0.616 e. The summed E-state index contributed by atoms with van der Waals surface area (Å²) in [5.74, 6) is -2.13. The molecule has 23 heavy (non-hydrogen) atoms. The molecule has 0 spiro atoms. The van der Waals surface area contributed by atoms with E-state index in [0.29, 0.717) is 5.57 Å². The standard InChI is InChI=1S/C13H19N3O6S/c1-6(17)9-8-4-7(5-23(22)3-2-15-13(14)21)10(12(19)20)16(8)11(9)18/h6,8-9,17H,2-5H2,1H3,(H,19,20)(H3,14,15,21). The fraction of sp³-hybridized carbons (Fsp3) is 0.615. The number of hydrogen-bond acceptors (Lipinski definition) is 5. The summed E-state index contributed by atoms with van der Waals surface area (Å²) < 4.78 is 12.0. The summed E-state index contributed by atoms with van der Waals surface area (Å²) in [5, 5.41) is 21.3. The van der Waals surface area contributed by atoms with E-state index < -0.39 is 41.1 Å². The van der Waals surface area contributed by atoms with Gasteiger partial charge < -0.3 is 30.7 Å². The number of hydrogen-bond donors (Lipinski definition) is 4. The van der Waals surface area contributed by atoms with Crippen molar-refractivity contribution < 1.29 is 29.1 Å². The number of nitrogens with one attached hydrogen (secondary N) is 1. The molecule has 0 aromatic heterocycles. The number of nitrogens with two attached hydrogens (primary N) is 1. The monoisotopic (exact) mass is 345 g/mol. The summed E-state index contributed by atoms with van der Waals surface area (Å²) in [7, 11) is 0. The van der Waals surface area contributed by atoms with Crippen LogP contribution < -0.4 is 11.1 Å². The van der Waals surface area contributed by atoms with Crippen LogP contribution in [-0.4, -0.2) is 67.8 Å². The molecule has 0 radical (unpaired) electrons. The normalized spacial score (nSPS) is 25.7. The lowest BCUT2D eigenvalue weighted by Crippen LogP contribution is -2.61. The van der Waals surface area contributed by atoms with E-state index in [1.165, 1.54) is 11.8 Å². The van der Waals surface area contributed by atoms with Crippen molar-refractivity contribution >= 4 is 29.1 Å². The van der Waals surface area contributed by atoms with E-state index >= 15 is 0 Å². The van der Waals surface area contributed by atoms with Gasteiger partial charge in [0.15, 0.2) is 0 Å². The first-order valence-electron chi connectivity index (χ1n) is 7.08. The first-order chi connectivity index (χ1) is 10.7. The van der Waals surface area contributed by atoms with Crippen LogP contribution >= 0.6 is 0 Å². The van der Waals surface area contributed by atoms with Crippen LogP contribution in [0.15, 0.2) is 11.3 Å². The van der Waals surface area contributed by atoms with E-state index in [9.17, 15) is 29.1 Å². The zero-order valence-electron chi connectivity index (χ0n) is 12.5. The SMILES string of the molecule is CC(O)C1C(=O)N2C(C(=O)O)=C(C[S+]([O-])CCNC(N)=O)CC12. The van der Waals surface area contributed by atoms with Gasteiger partial charge in [-0.2, -0.15) is 0 Å². The minimum absolute atomic E-state index is 0.00881. The third-order valence-corrected chi connectivity index (χ3v) is 5.32. The highest BCUT2D eigenvalue weighted by Crippen LogP contribution is 2.43. The maximum atomic E-state index is 12.0. The molecule has 4 atom stereocenters. The van der Waals surface area contributed by atoms with E-state index in [1.807, 2.05) is 0 Å². The van der Waals surface area contributed by atoms with Gasteiger partial charge >= 0.3 is 12.0 Å². The molecule has 0 aromatic rings. The van der Waals surface area contributed by atoms with E-state index in [1.54, 1.807) is 0 Å². The number of aliphatic hydroxyl groups is 1. The molecule has 1 fully saturated rings. The highest BCUT2D eigenvalue weighted by Gasteiger charge is 2.57. The number of urea groups is 1. The minimum Gasteiger partial charge on any atom is -0.616 e. The minimum atomic E-state index is -1.39. The summed E-state index contributed by atoms with van der Waals surface area (Å²) in [5.41, 5.74) is 5.20. The lowest BCUT2D eigenvalue weighted by molar-refractivity contribution is -0.161. The van der Waals surface area contributed by atoms with Gasteiger partial charge in [-0.05, 0) is 24.5 Å². The number of fused-ring (bicyclic) bond motifs is 1. The maximum absolute atomic E-state index is 12.0. The molecule has 0 aliphatic carbocycles. The average Bonchev–Trinajstić information content (AvgIpc) is 2.72. The van der Waals surface area contributed by atoms with Crippen LogP contribution in [0.5, 0.6) is 0 Å². The Morgan fingerprint density at radius 1 is 1.57 bits per heavy atom. The topological polar surface area (TPSA) is 156 Å². The molecule has 9 nitrogen and oxygen atoms in total. The van der Waals surface area contributed by atoms with Crippen molar-refractivity contribution in [3.05, 3.63) is 11.3 Å². The molecule has 2 rings (SSSR count). The molecule has 0 saturated carbocycles. The quantitative estimate of drug-likeness (QED) is 0.320. The molecule has 3 amide bonds. The number of carboxylic acids is 1. The fourth-order valence-electron chi connectivity index (χ4n) is 3.04. The molecule has 4 unspecified atom stereocenters. The Hall–Kier alpha value is -1.78. The smallest absolute Gasteiger partial charge is 0.352 e. The Morgan fingerprint density at radius 3 is 2.74 bits per heavy atom. The third kappa shape index (κ3) is 3.43. The molecule has 2 heterocycles. The van der Waals surface area contributed by atoms with Crippen molar-refractivity contribution in [2.45, 2.75) is 25.5 Å². The second-order valence-corrected chi connectivity index (χ2v) is 7.16. The highest BCUT2D eigenvalue weighted by molar-refractivity contribution is 7.91. The zero-order chi connectivity index (χ0) is 17.3. The first kappa shape index (κ1) is 17.6. The molecule has 128 valence electrons. The van der Waals surface area contributed by atoms with Crippen molar-refractivity contribution in [1.82, 2.24) is 10.2 Å². The number of rotatable bonds is 7. The van der Waals surface area contributed by atoms with E-state index in [2.05, 4.69) is 5.32 Å². The van der Waals surface area contributed by atoms with Gasteiger partial charge in [0, 0.05) is 5.57 Å². The van der Waals surface area contributed by atoms with Crippen LogP contribution in [0.25, 0.3) is 0 Å². The zero-order valence-corrected chi connectivity index (χ0v) is 13.3.